The van der Waals surface area contributed by atoms with E-state index in [1.54, 1.807) is 12.3 Å². The van der Waals surface area contributed by atoms with Crippen molar-refractivity contribution in [2.75, 3.05) is 19.6 Å². The third-order valence-corrected chi connectivity index (χ3v) is 8.25. The molecule has 1 aromatic carbocycles. The molecular weight excluding hydrogens is 400 g/mol. The molecule has 4 rings (SSSR count). The number of imidazole rings is 1. The van der Waals surface area contributed by atoms with Gasteiger partial charge in [-0.25, -0.2) is 13.4 Å². The third-order valence-electron chi connectivity index (χ3n) is 6.35. The van der Waals surface area contributed by atoms with E-state index in [1.807, 2.05) is 29.9 Å². The second-order valence-electron chi connectivity index (χ2n) is 8.31. The van der Waals surface area contributed by atoms with E-state index in [2.05, 4.69) is 10.3 Å². The van der Waals surface area contributed by atoms with E-state index in [1.165, 1.54) is 21.9 Å². The van der Waals surface area contributed by atoms with Gasteiger partial charge in [-0.15, -0.1) is 0 Å². The van der Waals surface area contributed by atoms with Crippen LogP contribution in [0.1, 0.15) is 42.6 Å². The lowest BCUT2D eigenvalue weighted by molar-refractivity contribution is -0.126. The molecule has 1 aliphatic carbocycles. The van der Waals surface area contributed by atoms with Gasteiger partial charge < -0.3 is 9.88 Å². The van der Waals surface area contributed by atoms with Crippen LogP contribution in [-0.2, 0) is 41.1 Å². The first-order chi connectivity index (χ1) is 14.4. The molecule has 1 aromatic heterocycles. The smallest absolute Gasteiger partial charge is 0.243 e. The first-order valence-electron chi connectivity index (χ1n) is 10.8. The highest BCUT2D eigenvalue weighted by molar-refractivity contribution is 7.89. The van der Waals surface area contributed by atoms with Crippen LogP contribution in [0.4, 0.5) is 0 Å². The monoisotopic (exact) mass is 430 g/mol. The van der Waals surface area contributed by atoms with Crippen LogP contribution in [0.2, 0.25) is 0 Å². The fraction of sp³-hybridized carbons (Fsp3) is 0.545. The van der Waals surface area contributed by atoms with Gasteiger partial charge in [0.2, 0.25) is 15.9 Å². The molecule has 162 valence electrons. The Morgan fingerprint density at radius 1 is 1.17 bits per heavy atom. The Bertz CT molecular complexity index is 1010. The van der Waals surface area contributed by atoms with Crippen molar-refractivity contribution in [3.8, 4) is 0 Å². The van der Waals surface area contributed by atoms with Crippen molar-refractivity contribution in [1.29, 1.82) is 0 Å². The summed E-state index contributed by atoms with van der Waals surface area (Å²) in [5, 5.41) is 2.98. The van der Waals surface area contributed by atoms with Crippen LogP contribution < -0.4 is 5.32 Å². The predicted molar refractivity (Wildman–Crippen MR) is 114 cm³/mol. The van der Waals surface area contributed by atoms with E-state index in [-0.39, 0.29) is 11.8 Å². The molecule has 1 aliphatic heterocycles. The van der Waals surface area contributed by atoms with Crippen molar-refractivity contribution in [3.05, 3.63) is 47.5 Å². The molecule has 1 amide bonds. The van der Waals surface area contributed by atoms with E-state index < -0.39 is 10.0 Å². The summed E-state index contributed by atoms with van der Waals surface area (Å²) in [4.78, 5) is 17.1. The van der Waals surface area contributed by atoms with Gasteiger partial charge in [-0.2, -0.15) is 4.31 Å². The van der Waals surface area contributed by atoms with Crippen LogP contribution in [0.25, 0.3) is 0 Å². The fourth-order valence-electron chi connectivity index (χ4n) is 4.46. The van der Waals surface area contributed by atoms with Gasteiger partial charge in [0, 0.05) is 51.4 Å². The summed E-state index contributed by atoms with van der Waals surface area (Å²) in [5.41, 5.74) is 2.45. The zero-order valence-electron chi connectivity index (χ0n) is 17.5. The summed E-state index contributed by atoms with van der Waals surface area (Å²) in [5.74, 6) is 0.803. The number of piperidine rings is 1. The van der Waals surface area contributed by atoms with Gasteiger partial charge in [-0.1, -0.05) is 6.07 Å². The molecule has 0 spiro atoms. The molecule has 1 fully saturated rings. The maximum absolute atomic E-state index is 13.1. The number of nitrogens with one attached hydrogen (secondary N) is 1. The molecule has 2 heterocycles. The molecule has 1 N–H and O–H groups in total. The molecule has 0 radical (unpaired) electrons. The van der Waals surface area contributed by atoms with Gasteiger partial charge in [0.05, 0.1) is 4.90 Å². The van der Waals surface area contributed by atoms with Gasteiger partial charge in [0.1, 0.15) is 5.82 Å². The zero-order chi connectivity index (χ0) is 21.1. The SMILES string of the molecule is Cn1ccnc1CCNC(=O)C1CCN(S(=O)(=O)c2ccc3c(c2)CCCC3)CC1. The van der Waals surface area contributed by atoms with Crippen molar-refractivity contribution >= 4 is 15.9 Å². The Balaban J connectivity index is 1.31. The number of sulfonamides is 1. The average Bonchev–Trinajstić information content (AvgIpc) is 3.18. The van der Waals surface area contributed by atoms with Crippen molar-refractivity contribution in [1.82, 2.24) is 19.2 Å². The summed E-state index contributed by atoms with van der Waals surface area (Å²) in [7, 11) is -1.57. The number of nitrogens with zero attached hydrogens (tertiary/aromatic N) is 3. The standard InChI is InChI=1S/C22H30N4O3S/c1-25-15-12-23-21(25)8-11-24-22(27)18-9-13-26(14-10-18)30(28,29)20-7-6-17-4-2-3-5-19(17)16-20/h6-7,12,15-16,18H,2-5,8-11,13-14H2,1H3,(H,24,27). The van der Waals surface area contributed by atoms with Gasteiger partial charge in [0.15, 0.2) is 0 Å². The number of aryl methyl sites for hydroxylation is 3. The molecule has 0 atom stereocenters. The molecule has 1 saturated heterocycles. The van der Waals surface area contributed by atoms with Crippen LogP contribution >= 0.6 is 0 Å². The molecule has 30 heavy (non-hydrogen) atoms. The zero-order valence-corrected chi connectivity index (χ0v) is 18.3. The molecule has 8 heteroatoms. The van der Waals surface area contributed by atoms with Crippen molar-refractivity contribution < 1.29 is 13.2 Å². The lowest BCUT2D eigenvalue weighted by Gasteiger charge is -2.31. The minimum atomic E-state index is -3.51. The highest BCUT2D eigenvalue weighted by Gasteiger charge is 2.32. The Hall–Kier alpha value is -2.19. The number of carbonyl (C=O) groups is 1. The van der Waals surface area contributed by atoms with E-state index in [9.17, 15) is 13.2 Å². The average molecular weight is 431 g/mol. The number of benzene rings is 1. The van der Waals surface area contributed by atoms with Crippen molar-refractivity contribution in [3.63, 3.8) is 0 Å². The molecule has 7 nitrogen and oxygen atoms in total. The molecule has 0 unspecified atom stereocenters. The van der Waals surface area contributed by atoms with Gasteiger partial charge in [-0.3, -0.25) is 4.79 Å². The second kappa shape index (κ2) is 8.89. The summed E-state index contributed by atoms with van der Waals surface area (Å²) in [6.45, 7) is 1.31. The van der Waals surface area contributed by atoms with Crippen LogP contribution in [-0.4, -0.2) is 47.8 Å². The van der Waals surface area contributed by atoms with E-state index in [4.69, 9.17) is 0 Å². The number of amides is 1. The first-order valence-corrected chi connectivity index (χ1v) is 12.2. The van der Waals surface area contributed by atoms with Crippen LogP contribution in [0.15, 0.2) is 35.5 Å². The van der Waals surface area contributed by atoms with Crippen LogP contribution in [0.5, 0.6) is 0 Å². The largest absolute Gasteiger partial charge is 0.355 e. The summed E-state index contributed by atoms with van der Waals surface area (Å²) < 4.78 is 29.7. The Kier molecular flexibility index (Phi) is 6.24. The molecule has 0 saturated carbocycles. The number of fused-ring (bicyclic) bond motifs is 1. The van der Waals surface area contributed by atoms with E-state index in [0.29, 0.717) is 43.8 Å². The number of aromatic nitrogens is 2. The van der Waals surface area contributed by atoms with Crippen molar-refractivity contribution in [2.24, 2.45) is 13.0 Å². The van der Waals surface area contributed by atoms with Gasteiger partial charge in [-0.05, 0) is 61.8 Å². The normalized spacial score (nSPS) is 18.2. The maximum Gasteiger partial charge on any atom is 0.243 e. The highest BCUT2D eigenvalue weighted by Crippen LogP contribution is 2.28. The first kappa shape index (κ1) is 21.1. The van der Waals surface area contributed by atoms with Gasteiger partial charge in [0.25, 0.3) is 0 Å². The minimum Gasteiger partial charge on any atom is -0.355 e. The minimum absolute atomic E-state index is 0.00929. The number of carbonyl (C=O) groups excluding carboxylic acids is 1. The van der Waals surface area contributed by atoms with Crippen LogP contribution in [0, 0.1) is 5.92 Å². The number of hydrogen-bond donors (Lipinski definition) is 1. The Morgan fingerprint density at radius 3 is 2.60 bits per heavy atom. The number of hydrogen-bond acceptors (Lipinski definition) is 4. The van der Waals surface area contributed by atoms with Crippen molar-refractivity contribution in [2.45, 2.75) is 49.8 Å². The Labute approximate surface area is 178 Å². The predicted octanol–water partition coefficient (Wildman–Crippen LogP) is 2.06. The van der Waals surface area contributed by atoms with Crippen LogP contribution in [0.3, 0.4) is 0 Å². The van der Waals surface area contributed by atoms with Gasteiger partial charge >= 0.3 is 0 Å². The topological polar surface area (TPSA) is 84.3 Å². The fourth-order valence-corrected chi connectivity index (χ4v) is 5.98. The highest BCUT2D eigenvalue weighted by atomic mass is 32.2. The molecular formula is C22H30N4O3S. The summed E-state index contributed by atoms with van der Waals surface area (Å²) >= 11 is 0. The Morgan fingerprint density at radius 2 is 1.90 bits per heavy atom. The summed E-state index contributed by atoms with van der Waals surface area (Å²) in [6.07, 6.45) is 9.71. The lowest BCUT2D eigenvalue weighted by Crippen LogP contribution is -2.43. The second-order valence-corrected chi connectivity index (χ2v) is 10.2. The lowest BCUT2D eigenvalue weighted by atomic mass is 9.92. The maximum atomic E-state index is 13.1. The van der Waals surface area contributed by atoms with E-state index in [0.717, 1.165) is 25.1 Å². The molecule has 2 aliphatic rings. The van der Waals surface area contributed by atoms with E-state index >= 15 is 0 Å². The third kappa shape index (κ3) is 4.44. The number of rotatable bonds is 6. The molecule has 2 aromatic rings. The quantitative estimate of drug-likeness (QED) is 0.760. The molecule has 0 bridgehead atoms. The summed E-state index contributed by atoms with van der Waals surface area (Å²) in [6, 6.07) is 5.58.